The first-order chi connectivity index (χ1) is 8.66. The van der Waals surface area contributed by atoms with Crippen LogP contribution in [0.4, 0.5) is 0 Å². The Hall–Kier alpha value is -1.04. The van der Waals surface area contributed by atoms with E-state index in [0.29, 0.717) is 0 Å². The first-order valence-electron chi connectivity index (χ1n) is 6.38. The summed E-state index contributed by atoms with van der Waals surface area (Å²) in [6, 6.07) is 0. The van der Waals surface area contributed by atoms with Crippen molar-refractivity contribution in [3.8, 4) is 0 Å². The van der Waals surface area contributed by atoms with Crippen LogP contribution < -0.4 is 0 Å². The predicted molar refractivity (Wildman–Crippen MR) is 69.3 cm³/mol. The zero-order valence-electron chi connectivity index (χ0n) is 10.8. The van der Waals surface area contributed by atoms with Crippen molar-refractivity contribution in [1.82, 2.24) is 14.8 Å². The first-order valence-corrected chi connectivity index (χ1v) is 7.26. The summed E-state index contributed by atoms with van der Waals surface area (Å²) in [5.41, 5.74) is 0. The largest absolute Gasteiger partial charge is 0.462 e. The maximum atomic E-state index is 11.9. The number of carbonyl (C=O) groups is 1. The molecule has 1 aromatic rings. The molecule has 0 aromatic carbocycles. The van der Waals surface area contributed by atoms with Crippen molar-refractivity contribution in [3.05, 3.63) is 6.33 Å². The molecule has 2 rings (SSSR count). The second-order valence-electron chi connectivity index (χ2n) is 4.68. The van der Waals surface area contributed by atoms with Gasteiger partial charge >= 0.3 is 5.97 Å². The topological polar surface area (TPSA) is 57.0 Å². The third-order valence-electron chi connectivity index (χ3n) is 3.12. The number of aromatic nitrogens is 3. The van der Waals surface area contributed by atoms with Gasteiger partial charge in [-0.1, -0.05) is 18.2 Å². The minimum absolute atomic E-state index is 0.119. The minimum Gasteiger partial charge on any atom is -0.462 e. The lowest BCUT2D eigenvalue weighted by molar-refractivity contribution is -0.149. The van der Waals surface area contributed by atoms with E-state index in [9.17, 15) is 4.79 Å². The Kier molecular flexibility index (Phi) is 4.63. The second kappa shape index (κ2) is 6.22. The average Bonchev–Trinajstić information content (AvgIpc) is 2.76. The van der Waals surface area contributed by atoms with Gasteiger partial charge in [0, 0.05) is 7.05 Å². The van der Waals surface area contributed by atoms with E-state index < -0.39 is 0 Å². The summed E-state index contributed by atoms with van der Waals surface area (Å²) in [5.74, 6) is -0.144. The van der Waals surface area contributed by atoms with E-state index in [1.807, 2.05) is 14.0 Å². The zero-order valence-corrected chi connectivity index (χ0v) is 11.7. The fourth-order valence-corrected chi connectivity index (χ4v) is 2.80. The highest BCUT2D eigenvalue weighted by Gasteiger charge is 2.23. The number of rotatable bonds is 4. The fourth-order valence-electron chi connectivity index (χ4n) is 2.03. The SMILES string of the molecule is CC(Sc1nncn1C)C(=O)OC1CCCCC1. The molecule has 1 saturated carbocycles. The molecular weight excluding hydrogens is 250 g/mol. The quantitative estimate of drug-likeness (QED) is 0.619. The number of esters is 1. The molecule has 0 N–H and O–H groups in total. The van der Waals surface area contributed by atoms with E-state index in [-0.39, 0.29) is 17.3 Å². The molecule has 1 fully saturated rings. The Morgan fingerprint density at radius 2 is 2.22 bits per heavy atom. The van der Waals surface area contributed by atoms with E-state index in [2.05, 4.69) is 10.2 Å². The number of carbonyl (C=O) groups excluding carboxylic acids is 1. The highest BCUT2D eigenvalue weighted by atomic mass is 32.2. The normalized spacial score (nSPS) is 18.6. The van der Waals surface area contributed by atoms with Gasteiger partial charge in [0.05, 0.1) is 0 Å². The molecule has 1 unspecified atom stereocenters. The molecule has 1 aliphatic rings. The van der Waals surface area contributed by atoms with Crippen LogP contribution in [0.15, 0.2) is 11.5 Å². The zero-order chi connectivity index (χ0) is 13.0. The van der Waals surface area contributed by atoms with Crippen LogP contribution in [0.3, 0.4) is 0 Å². The lowest BCUT2D eigenvalue weighted by Gasteiger charge is -2.23. The van der Waals surface area contributed by atoms with E-state index in [4.69, 9.17) is 4.74 Å². The van der Waals surface area contributed by atoms with Gasteiger partial charge in [-0.2, -0.15) is 0 Å². The molecule has 1 heterocycles. The van der Waals surface area contributed by atoms with Gasteiger partial charge in [0.1, 0.15) is 17.7 Å². The van der Waals surface area contributed by atoms with E-state index >= 15 is 0 Å². The molecule has 0 radical (unpaired) electrons. The molecule has 0 amide bonds. The third-order valence-corrected chi connectivity index (χ3v) is 4.25. The average molecular weight is 269 g/mol. The molecule has 100 valence electrons. The maximum absolute atomic E-state index is 11.9. The summed E-state index contributed by atoms with van der Waals surface area (Å²) in [7, 11) is 1.86. The lowest BCUT2D eigenvalue weighted by atomic mass is 9.98. The highest BCUT2D eigenvalue weighted by Crippen LogP contribution is 2.24. The standard InChI is InChI=1S/C12H19N3O2S/c1-9(18-12-14-13-8-15(12)2)11(16)17-10-6-4-3-5-7-10/h8-10H,3-7H2,1-2H3. The Morgan fingerprint density at radius 3 is 2.83 bits per heavy atom. The van der Waals surface area contributed by atoms with E-state index in [0.717, 1.165) is 18.0 Å². The second-order valence-corrected chi connectivity index (χ2v) is 5.99. The van der Waals surface area contributed by atoms with Gasteiger partial charge in [0.15, 0.2) is 5.16 Å². The summed E-state index contributed by atoms with van der Waals surface area (Å²) in [5, 5.41) is 8.24. The third kappa shape index (κ3) is 3.48. The fraction of sp³-hybridized carbons (Fsp3) is 0.750. The molecule has 0 bridgehead atoms. The van der Waals surface area contributed by atoms with E-state index in [1.165, 1.54) is 31.0 Å². The number of thioether (sulfide) groups is 1. The molecular formula is C12H19N3O2S. The van der Waals surface area contributed by atoms with Gasteiger partial charge in [0.2, 0.25) is 0 Å². The van der Waals surface area contributed by atoms with Crippen LogP contribution in [0.5, 0.6) is 0 Å². The number of aryl methyl sites for hydroxylation is 1. The van der Waals surface area contributed by atoms with Gasteiger partial charge in [-0.15, -0.1) is 10.2 Å². The van der Waals surface area contributed by atoms with Gasteiger partial charge in [-0.25, -0.2) is 0 Å². The number of nitrogens with zero attached hydrogens (tertiary/aromatic N) is 3. The monoisotopic (exact) mass is 269 g/mol. The van der Waals surface area contributed by atoms with Crippen LogP contribution in [0, 0.1) is 0 Å². The number of ether oxygens (including phenoxy) is 1. The molecule has 1 aliphatic carbocycles. The Labute approximate surface area is 111 Å². The Morgan fingerprint density at radius 1 is 1.50 bits per heavy atom. The summed E-state index contributed by atoms with van der Waals surface area (Å²) in [6.07, 6.45) is 7.36. The Bertz CT molecular complexity index is 402. The van der Waals surface area contributed by atoms with Crippen LogP contribution in [0.2, 0.25) is 0 Å². The molecule has 0 saturated heterocycles. The first kappa shape index (κ1) is 13.4. The summed E-state index contributed by atoms with van der Waals surface area (Å²) in [4.78, 5) is 11.9. The molecule has 18 heavy (non-hydrogen) atoms. The molecule has 0 aliphatic heterocycles. The molecule has 5 nitrogen and oxygen atoms in total. The van der Waals surface area contributed by atoms with Crippen molar-refractivity contribution in [2.45, 2.75) is 55.5 Å². The van der Waals surface area contributed by atoms with Gasteiger partial charge in [-0.05, 0) is 32.6 Å². The Balaban J connectivity index is 1.83. The highest BCUT2D eigenvalue weighted by molar-refractivity contribution is 8.00. The minimum atomic E-state index is -0.241. The van der Waals surface area contributed by atoms with Crippen molar-refractivity contribution >= 4 is 17.7 Å². The van der Waals surface area contributed by atoms with Gasteiger partial charge in [0.25, 0.3) is 0 Å². The van der Waals surface area contributed by atoms with Gasteiger partial charge in [-0.3, -0.25) is 4.79 Å². The van der Waals surface area contributed by atoms with Crippen molar-refractivity contribution in [3.63, 3.8) is 0 Å². The van der Waals surface area contributed by atoms with E-state index in [1.54, 1.807) is 10.9 Å². The van der Waals surface area contributed by atoms with Crippen LogP contribution in [0.1, 0.15) is 39.0 Å². The predicted octanol–water partition coefficient (Wildman–Crippen LogP) is 2.17. The van der Waals surface area contributed by atoms with Crippen LogP contribution in [-0.2, 0) is 16.6 Å². The van der Waals surface area contributed by atoms with Crippen molar-refractivity contribution in [2.24, 2.45) is 7.05 Å². The molecule has 6 heteroatoms. The summed E-state index contributed by atoms with van der Waals surface area (Å²) >= 11 is 1.39. The van der Waals surface area contributed by atoms with Crippen LogP contribution >= 0.6 is 11.8 Å². The molecule has 1 atom stereocenters. The van der Waals surface area contributed by atoms with Crippen LogP contribution in [0.25, 0.3) is 0 Å². The number of hydrogen-bond donors (Lipinski definition) is 0. The number of hydrogen-bond acceptors (Lipinski definition) is 5. The lowest BCUT2D eigenvalue weighted by Crippen LogP contribution is -2.26. The van der Waals surface area contributed by atoms with Crippen molar-refractivity contribution in [2.75, 3.05) is 0 Å². The van der Waals surface area contributed by atoms with Crippen LogP contribution in [-0.4, -0.2) is 32.1 Å². The summed E-state index contributed by atoms with van der Waals surface area (Å²) in [6.45, 7) is 1.85. The van der Waals surface area contributed by atoms with Gasteiger partial charge < -0.3 is 9.30 Å². The molecule has 1 aromatic heterocycles. The van der Waals surface area contributed by atoms with Crippen molar-refractivity contribution in [1.29, 1.82) is 0 Å². The molecule has 0 spiro atoms. The van der Waals surface area contributed by atoms with Crippen molar-refractivity contribution < 1.29 is 9.53 Å². The summed E-state index contributed by atoms with van der Waals surface area (Å²) < 4.78 is 7.33. The maximum Gasteiger partial charge on any atom is 0.319 e. The smallest absolute Gasteiger partial charge is 0.319 e.